The molecule has 1 aliphatic rings. The van der Waals surface area contributed by atoms with Gasteiger partial charge in [-0.05, 0) is 51.3 Å². The van der Waals surface area contributed by atoms with Gasteiger partial charge in [0.25, 0.3) is 0 Å². The van der Waals surface area contributed by atoms with Crippen LogP contribution in [0.3, 0.4) is 0 Å². The van der Waals surface area contributed by atoms with Crippen molar-refractivity contribution in [3.05, 3.63) is 57.8 Å². The molecule has 0 aromatic heterocycles. The molecule has 3 rings (SSSR count). The summed E-state index contributed by atoms with van der Waals surface area (Å²) in [6.45, 7) is 0. The SMILES string of the molecule is COc1ccc(C2C(c3cc(F)c(OC(F)(F)F)c(Br)c3)C2(Cl)Cl)cc1. The first-order valence-electron chi connectivity index (χ1n) is 7.31. The maximum absolute atomic E-state index is 14.2. The first kappa shape index (κ1) is 19.6. The van der Waals surface area contributed by atoms with Crippen molar-refractivity contribution >= 4 is 39.1 Å². The van der Waals surface area contributed by atoms with Crippen LogP contribution in [0.2, 0.25) is 0 Å². The van der Waals surface area contributed by atoms with Crippen LogP contribution in [0.4, 0.5) is 17.6 Å². The molecule has 2 atom stereocenters. The van der Waals surface area contributed by atoms with E-state index < -0.39 is 28.2 Å². The number of benzene rings is 2. The maximum Gasteiger partial charge on any atom is 0.573 e. The monoisotopic (exact) mass is 472 g/mol. The summed E-state index contributed by atoms with van der Waals surface area (Å²) in [4.78, 5) is 0. The number of alkyl halides is 5. The summed E-state index contributed by atoms with van der Waals surface area (Å²) in [5.74, 6) is -2.25. The lowest BCUT2D eigenvalue weighted by molar-refractivity contribution is -0.275. The molecular formula is C17H11BrCl2F4O2. The third kappa shape index (κ3) is 3.75. The standard InChI is InChI=1S/C17H11BrCl2F4O2/c1-25-10-4-2-8(3-5-10)13-14(16(13,19)20)9-6-11(18)15(12(21)7-9)26-17(22,23)24/h2-7,13-14H,1H3. The van der Waals surface area contributed by atoms with Crippen molar-refractivity contribution in [2.45, 2.75) is 22.5 Å². The fourth-order valence-electron chi connectivity index (χ4n) is 2.94. The molecule has 2 aromatic rings. The van der Waals surface area contributed by atoms with Gasteiger partial charge in [0, 0.05) is 11.8 Å². The minimum atomic E-state index is -5.00. The van der Waals surface area contributed by atoms with Crippen LogP contribution in [0.25, 0.3) is 0 Å². The molecule has 140 valence electrons. The van der Waals surface area contributed by atoms with Gasteiger partial charge >= 0.3 is 6.36 Å². The molecule has 0 saturated heterocycles. The lowest BCUT2D eigenvalue weighted by Gasteiger charge is -2.13. The van der Waals surface area contributed by atoms with Gasteiger partial charge in [-0.2, -0.15) is 0 Å². The summed E-state index contributed by atoms with van der Waals surface area (Å²) in [6.07, 6.45) is -5.00. The molecule has 2 aromatic carbocycles. The second-order valence-electron chi connectivity index (χ2n) is 5.76. The first-order chi connectivity index (χ1) is 12.0. The Balaban J connectivity index is 1.91. The van der Waals surface area contributed by atoms with Gasteiger partial charge in [-0.1, -0.05) is 12.1 Å². The van der Waals surface area contributed by atoms with Crippen LogP contribution in [-0.4, -0.2) is 17.8 Å². The van der Waals surface area contributed by atoms with Crippen molar-refractivity contribution in [1.29, 1.82) is 0 Å². The summed E-state index contributed by atoms with van der Waals surface area (Å²) in [6, 6.07) is 9.35. The van der Waals surface area contributed by atoms with Crippen LogP contribution < -0.4 is 9.47 Å². The minimum Gasteiger partial charge on any atom is -0.497 e. The number of halogens is 7. The molecule has 0 heterocycles. The van der Waals surface area contributed by atoms with Crippen LogP contribution in [0.1, 0.15) is 23.0 Å². The smallest absolute Gasteiger partial charge is 0.497 e. The van der Waals surface area contributed by atoms with Gasteiger partial charge in [-0.3, -0.25) is 0 Å². The molecule has 0 aliphatic heterocycles. The summed E-state index contributed by atoms with van der Waals surface area (Å²) in [7, 11) is 1.53. The van der Waals surface area contributed by atoms with Gasteiger partial charge in [0.15, 0.2) is 11.6 Å². The Kier molecular flexibility index (Phi) is 5.09. The summed E-state index contributed by atoms with van der Waals surface area (Å²) < 4.78 is 58.7. The van der Waals surface area contributed by atoms with Crippen molar-refractivity contribution in [1.82, 2.24) is 0 Å². The number of ether oxygens (including phenoxy) is 2. The van der Waals surface area contributed by atoms with Crippen LogP contribution >= 0.6 is 39.1 Å². The van der Waals surface area contributed by atoms with Crippen LogP contribution in [0.5, 0.6) is 11.5 Å². The summed E-state index contributed by atoms with van der Waals surface area (Å²) in [5.41, 5.74) is 1.18. The largest absolute Gasteiger partial charge is 0.573 e. The van der Waals surface area contributed by atoms with E-state index >= 15 is 0 Å². The van der Waals surface area contributed by atoms with Crippen molar-refractivity contribution in [2.75, 3.05) is 7.11 Å². The van der Waals surface area contributed by atoms with Gasteiger partial charge in [-0.15, -0.1) is 36.4 Å². The van der Waals surface area contributed by atoms with Crippen molar-refractivity contribution < 1.29 is 27.0 Å². The predicted octanol–water partition coefficient (Wildman–Crippen LogP) is 6.55. The second-order valence-corrected chi connectivity index (χ2v) is 8.06. The molecule has 0 amide bonds. The number of hydrogen-bond donors (Lipinski definition) is 0. The molecule has 0 radical (unpaired) electrons. The lowest BCUT2D eigenvalue weighted by Crippen LogP contribution is -2.18. The van der Waals surface area contributed by atoms with Gasteiger partial charge in [0.05, 0.1) is 11.6 Å². The van der Waals surface area contributed by atoms with E-state index in [9.17, 15) is 17.6 Å². The quantitative estimate of drug-likeness (QED) is 0.370. The second kappa shape index (κ2) is 6.77. The van der Waals surface area contributed by atoms with E-state index in [0.717, 1.165) is 11.6 Å². The summed E-state index contributed by atoms with van der Waals surface area (Å²) in [5, 5.41) is 0. The first-order valence-corrected chi connectivity index (χ1v) is 8.86. The van der Waals surface area contributed by atoms with Crippen molar-refractivity contribution in [2.24, 2.45) is 0 Å². The molecular weight excluding hydrogens is 463 g/mol. The highest BCUT2D eigenvalue weighted by Gasteiger charge is 2.64. The van der Waals surface area contributed by atoms with Gasteiger partial charge in [0.1, 0.15) is 10.1 Å². The van der Waals surface area contributed by atoms with E-state index in [2.05, 4.69) is 20.7 Å². The average Bonchev–Trinajstić information content (AvgIpc) is 3.12. The Hall–Kier alpha value is -1.18. The molecule has 0 bridgehead atoms. The molecule has 1 aliphatic carbocycles. The van der Waals surface area contributed by atoms with Crippen LogP contribution in [0.15, 0.2) is 40.9 Å². The normalized spacial score (nSPS) is 21.4. The zero-order valence-corrected chi connectivity index (χ0v) is 16.2. The molecule has 2 nitrogen and oxygen atoms in total. The Morgan fingerprint density at radius 3 is 2.12 bits per heavy atom. The van der Waals surface area contributed by atoms with Crippen molar-refractivity contribution in [3.63, 3.8) is 0 Å². The highest BCUT2D eigenvalue weighted by molar-refractivity contribution is 9.10. The highest BCUT2D eigenvalue weighted by Crippen LogP contribution is 2.70. The van der Waals surface area contributed by atoms with E-state index in [1.807, 2.05) is 0 Å². The predicted molar refractivity (Wildman–Crippen MR) is 93.7 cm³/mol. The Bertz CT molecular complexity index is 801. The molecule has 0 N–H and O–H groups in total. The molecule has 9 heteroatoms. The van der Waals surface area contributed by atoms with Gasteiger partial charge in [-0.25, -0.2) is 4.39 Å². The number of hydrogen-bond acceptors (Lipinski definition) is 2. The third-order valence-electron chi connectivity index (χ3n) is 4.13. The number of rotatable bonds is 4. The summed E-state index contributed by atoms with van der Waals surface area (Å²) >= 11 is 15.6. The average molecular weight is 474 g/mol. The van der Waals surface area contributed by atoms with Crippen molar-refractivity contribution in [3.8, 4) is 11.5 Å². The Morgan fingerprint density at radius 2 is 1.62 bits per heavy atom. The topological polar surface area (TPSA) is 18.5 Å². The van der Waals surface area contributed by atoms with E-state index in [4.69, 9.17) is 27.9 Å². The Morgan fingerprint density at radius 1 is 1.04 bits per heavy atom. The molecule has 2 unspecified atom stereocenters. The van der Waals surface area contributed by atoms with Gasteiger partial charge in [0.2, 0.25) is 0 Å². The van der Waals surface area contributed by atoms with Crippen LogP contribution in [0, 0.1) is 5.82 Å². The van der Waals surface area contributed by atoms with Gasteiger partial charge < -0.3 is 9.47 Å². The van der Waals surface area contributed by atoms with Crippen LogP contribution in [-0.2, 0) is 0 Å². The number of methoxy groups -OCH3 is 1. The van der Waals surface area contributed by atoms with E-state index in [-0.39, 0.29) is 10.4 Å². The molecule has 0 spiro atoms. The molecule has 26 heavy (non-hydrogen) atoms. The fourth-order valence-corrected chi connectivity index (χ4v) is 4.36. The zero-order chi connectivity index (χ0) is 19.3. The lowest BCUT2D eigenvalue weighted by atomic mass is 10.0. The fraction of sp³-hybridized carbons (Fsp3) is 0.294. The maximum atomic E-state index is 14.2. The van der Waals surface area contributed by atoms with E-state index in [0.29, 0.717) is 11.3 Å². The zero-order valence-electron chi connectivity index (χ0n) is 13.1. The Labute approximate surface area is 165 Å². The highest BCUT2D eigenvalue weighted by atomic mass is 79.9. The molecule has 1 fully saturated rings. The minimum absolute atomic E-state index is 0.172. The van der Waals surface area contributed by atoms with E-state index in [1.54, 1.807) is 24.3 Å². The molecule has 1 saturated carbocycles. The van der Waals surface area contributed by atoms with E-state index in [1.165, 1.54) is 13.2 Å². The third-order valence-corrected chi connectivity index (χ3v) is 5.66.